The fourth-order valence-electron chi connectivity index (χ4n) is 3.89. The van der Waals surface area contributed by atoms with E-state index in [2.05, 4.69) is 5.32 Å². The first kappa shape index (κ1) is 24.0. The van der Waals surface area contributed by atoms with Crippen LogP contribution in [-0.2, 0) is 19.6 Å². The molecular formula is C28H28FN3O3. The average Bonchev–Trinajstić information content (AvgIpc) is 3.53. The van der Waals surface area contributed by atoms with Crippen LogP contribution < -0.4 is 5.32 Å². The Bertz CT molecular complexity index is 1280. The van der Waals surface area contributed by atoms with Crippen molar-refractivity contribution < 1.29 is 18.4 Å². The van der Waals surface area contributed by atoms with E-state index in [4.69, 9.17) is 4.42 Å². The van der Waals surface area contributed by atoms with Gasteiger partial charge >= 0.3 is 0 Å². The highest BCUT2D eigenvalue weighted by atomic mass is 19.1. The Morgan fingerprint density at radius 2 is 1.74 bits per heavy atom. The molecule has 2 heterocycles. The van der Waals surface area contributed by atoms with Gasteiger partial charge < -0.3 is 19.2 Å². The van der Waals surface area contributed by atoms with Crippen LogP contribution in [0.15, 0.2) is 89.5 Å². The fourth-order valence-corrected chi connectivity index (χ4v) is 3.89. The van der Waals surface area contributed by atoms with Crippen LogP contribution in [0.5, 0.6) is 0 Å². The number of halogens is 1. The topological polar surface area (TPSA) is 67.5 Å². The van der Waals surface area contributed by atoms with Gasteiger partial charge in [-0.05, 0) is 48.4 Å². The molecule has 0 radical (unpaired) electrons. The summed E-state index contributed by atoms with van der Waals surface area (Å²) in [5.74, 6) is -0.282. The summed E-state index contributed by atoms with van der Waals surface area (Å²) in [6.07, 6.45) is 2.64. The fraction of sp³-hybridized carbons (Fsp3) is 0.214. The molecule has 0 spiro atoms. The maximum absolute atomic E-state index is 14.2. The molecule has 0 aliphatic rings. The molecule has 2 aromatic heterocycles. The van der Waals surface area contributed by atoms with Crippen molar-refractivity contribution in [3.63, 3.8) is 0 Å². The minimum atomic E-state index is -0.525. The molecule has 7 heteroatoms. The van der Waals surface area contributed by atoms with Gasteiger partial charge in [-0.25, -0.2) is 4.39 Å². The maximum Gasteiger partial charge on any atom is 0.287 e. The second kappa shape index (κ2) is 11.3. The van der Waals surface area contributed by atoms with Crippen LogP contribution >= 0.6 is 0 Å². The van der Waals surface area contributed by atoms with Crippen molar-refractivity contribution >= 4 is 11.8 Å². The molecular weight excluding hydrogens is 445 g/mol. The van der Waals surface area contributed by atoms with Gasteiger partial charge in [0, 0.05) is 25.0 Å². The van der Waals surface area contributed by atoms with Gasteiger partial charge in [-0.15, -0.1) is 0 Å². The molecule has 4 rings (SSSR count). The minimum absolute atomic E-state index is 0.0660. The van der Waals surface area contributed by atoms with Crippen molar-refractivity contribution in [2.24, 2.45) is 0 Å². The Kier molecular flexibility index (Phi) is 7.77. The van der Waals surface area contributed by atoms with Gasteiger partial charge in [0.05, 0.1) is 18.7 Å². The predicted molar refractivity (Wildman–Crippen MR) is 131 cm³/mol. The van der Waals surface area contributed by atoms with E-state index in [0.717, 1.165) is 17.7 Å². The van der Waals surface area contributed by atoms with E-state index in [1.807, 2.05) is 60.2 Å². The molecule has 1 N–H and O–H groups in total. The van der Waals surface area contributed by atoms with Crippen LogP contribution in [0.25, 0.3) is 0 Å². The number of hydrogen-bond donors (Lipinski definition) is 1. The molecule has 35 heavy (non-hydrogen) atoms. The number of carbonyl (C=O) groups is 2. The Balaban J connectivity index is 1.42. The van der Waals surface area contributed by atoms with Crippen LogP contribution in [0.2, 0.25) is 0 Å². The van der Waals surface area contributed by atoms with Gasteiger partial charge in [-0.1, -0.05) is 49.4 Å². The molecule has 0 atom stereocenters. The smallest absolute Gasteiger partial charge is 0.287 e. The molecule has 0 saturated carbocycles. The van der Waals surface area contributed by atoms with E-state index < -0.39 is 5.82 Å². The van der Waals surface area contributed by atoms with Crippen LogP contribution in [-0.4, -0.2) is 27.8 Å². The lowest BCUT2D eigenvalue weighted by molar-refractivity contribution is 0.0734. The lowest BCUT2D eigenvalue weighted by atomic mass is 10.1. The van der Waals surface area contributed by atoms with Crippen LogP contribution in [0.1, 0.15) is 51.3 Å². The monoisotopic (exact) mass is 473 g/mol. The van der Waals surface area contributed by atoms with Gasteiger partial charge in [-0.2, -0.15) is 0 Å². The third kappa shape index (κ3) is 6.06. The molecule has 6 nitrogen and oxygen atoms in total. The van der Waals surface area contributed by atoms with Crippen LogP contribution in [0, 0.1) is 5.82 Å². The molecule has 0 aliphatic carbocycles. The zero-order valence-electron chi connectivity index (χ0n) is 19.6. The van der Waals surface area contributed by atoms with E-state index in [1.54, 1.807) is 29.2 Å². The van der Waals surface area contributed by atoms with E-state index in [1.165, 1.54) is 12.1 Å². The summed E-state index contributed by atoms with van der Waals surface area (Å²) in [5, 5.41) is 2.86. The number of carbonyl (C=O) groups excluding carboxylic acids is 2. The molecule has 2 amide bonds. The highest BCUT2D eigenvalue weighted by Crippen LogP contribution is 2.17. The van der Waals surface area contributed by atoms with Gasteiger partial charge in [-0.3, -0.25) is 9.59 Å². The minimum Gasteiger partial charge on any atom is -0.454 e. The Morgan fingerprint density at radius 1 is 0.971 bits per heavy atom. The molecule has 0 aliphatic heterocycles. The third-order valence-electron chi connectivity index (χ3n) is 5.67. The van der Waals surface area contributed by atoms with Crippen LogP contribution in [0.4, 0.5) is 4.39 Å². The summed E-state index contributed by atoms with van der Waals surface area (Å²) < 4.78 is 22.0. The Morgan fingerprint density at radius 3 is 2.51 bits per heavy atom. The van der Waals surface area contributed by atoms with Crippen molar-refractivity contribution in [3.05, 3.63) is 119 Å². The lowest BCUT2D eigenvalue weighted by Gasteiger charge is -2.23. The first-order valence-corrected chi connectivity index (χ1v) is 11.6. The number of benzene rings is 2. The van der Waals surface area contributed by atoms with Crippen molar-refractivity contribution in [2.45, 2.75) is 33.0 Å². The first-order valence-electron chi connectivity index (χ1n) is 11.6. The Hall–Kier alpha value is -4.13. The van der Waals surface area contributed by atoms with E-state index >= 15 is 0 Å². The molecule has 0 unspecified atom stereocenters. The summed E-state index contributed by atoms with van der Waals surface area (Å²) in [4.78, 5) is 27.1. The Labute approximate surface area is 204 Å². The quantitative estimate of drug-likeness (QED) is 0.342. The summed E-state index contributed by atoms with van der Waals surface area (Å²) in [7, 11) is 0. The standard InChI is InChI=1S/C28H28FN3O3/c1-2-16-32(28(34)24-12-6-7-13-25(24)29)19-22-11-8-17-31(22)20-23-14-15-26(35-23)27(33)30-18-21-9-4-3-5-10-21/h3-15,17H,2,16,18-20H2,1H3,(H,30,33). The lowest BCUT2D eigenvalue weighted by Crippen LogP contribution is -2.32. The molecule has 180 valence electrons. The number of hydrogen-bond acceptors (Lipinski definition) is 3. The largest absolute Gasteiger partial charge is 0.454 e. The van der Waals surface area contributed by atoms with Crippen molar-refractivity contribution in [3.8, 4) is 0 Å². The zero-order valence-corrected chi connectivity index (χ0v) is 19.6. The number of furan rings is 1. The number of aromatic nitrogens is 1. The highest BCUT2D eigenvalue weighted by molar-refractivity contribution is 5.94. The summed E-state index contributed by atoms with van der Waals surface area (Å²) >= 11 is 0. The van der Waals surface area contributed by atoms with E-state index in [0.29, 0.717) is 31.9 Å². The third-order valence-corrected chi connectivity index (χ3v) is 5.67. The van der Waals surface area contributed by atoms with Crippen molar-refractivity contribution in [2.75, 3.05) is 6.54 Å². The molecule has 0 saturated heterocycles. The SMILES string of the molecule is CCCN(Cc1cccn1Cc1ccc(C(=O)NCc2ccccc2)o1)C(=O)c1ccccc1F. The average molecular weight is 474 g/mol. The predicted octanol–water partition coefficient (Wildman–Crippen LogP) is 5.25. The van der Waals surface area contributed by atoms with Gasteiger partial charge in [0.25, 0.3) is 11.8 Å². The second-order valence-electron chi connectivity index (χ2n) is 8.27. The number of nitrogens with zero attached hydrogens (tertiary/aromatic N) is 2. The van der Waals surface area contributed by atoms with Gasteiger partial charge in [0.2, 0.25) is 0 Å². The normalized spacial score (nSPS) is 10.8. The molecule has 0 bridgehead atoms. The summed E-state index contributed by atoms with van der Waals surface area (Å²) in [6.45, 7) is 3.64. The van der Waals surface area contributed by atoms with Gasteiger partial charge in [0.15, 0.2) is 5.76 Å². The molecule has 4 aromatic rings. The highest BCUT2D eigenvalue weighted by Gasteiger charge is 2.20. The zero-order chi connectivity index (χ0) is 24.6. The van der Waals surface area contributed by atoms with Crippen molar-refractivity contribution in [1.82, 2.24) is 14.8 Å². The van der Waals surface area contributed by atoms with Crippen molar-refractivity contribution in [1.29, 1.82) is 0 Å². The van der Waals surface area contributed by atoms with Gasteiger partial charge in [0.1, 0.15) is 11.6 Å². The van der Waals surface area contributed by atoms with E-state index in [9.17, 15) is 14.0 Å². The van der Waals surface area contributed by atoms with E-state index in [-0.39, 0.29) is 23.1 Å². The number of nitrogens with one attached hydrogen (secondary N) is 1. The molecule has 2 aromatic carbocycles. The number of rotatable bonds is 10. The summed E-state index contributed by atoms with van der Waals surface area (Å²) in [5.41, 5.74) is 1.96. The molecule has 0 fully saturated rings. The second-order valence-corrected chi connectivity index (χ2v) is 8.27. The van der Waals surface area contributed by atoms with Crippen LogP contribution in [0.3, 0.4) is 0 Å². The number of amides is 2. The summed E-state index contributed by atoms with van der Waals surface area (Å²) in [6, 6.07) is 22.9. The first-order chi connectivity index (χ1) is 17.0. The maximum atomic E-state index is 14.2.